The lowest BCUT2D eigenvalue weighted by atomic mass is 10.1. The van der Waals surface area contributed by atoms with Crippen LogP contribution < -0.4 is 14.8 Å². The van der Waals surface area contributed by atoms with E-state index in [4.69, 9.17) is 4.74 Å². The first-order chi connectivity index (χ1) is 18.7. The van der Waals surface area contributed by atoms with Gasteiger partial charge in [-0.3, -0.25) is 19.5 Å². The van der Waals surface area contributed by atoms with Crippen LogP contribution in [0.1, 0.15) is 67.0 Å². The third-order valence-corrected chi connectivity index (χ3v) is 9.29. The van der Waals surface area contributed by atoms with Gasteiger partial charge in [-0.1, -0.05) is 12.8 Å². The van der Waals surface area contributed by atoms with E-state index in [1.54, 1.807) is 30.7 Å². The Hall–Kier alpha value is -3.16. The molecule has 3 aromatic rings. The molecule has 0 aromatic carbocycles. The zero-order valence-corrected chi connectivity index (χ0v) is 24.1. The largest absolute Gasteiger partial charge is 0.477 e. The van der Waals surface area contributed by atoms with Crippen LogP contribution >= 0.6 is 11.3 Å². The molecule has 0 radical (unpaired) electrons. The molecule has 1 saturated carbocycles. The molecule has 3 aromatic heterocycles. The summed E-state index contributed by atoms with van der Waals surface area (Å²) in [5, 5.41) is 2.96. The van der Waals surface area contributed by atoms with E-state index in [1.165, 1.54) is 17.5 Å². The van der Waals surface area contributed by atoms with E-state index < -0.39 is 16.1 Å². The highest BCUT2D eigenvalue weighted by molar-refractivity contribution is 7.93. The maximum atomic E-state index is 13.3. The summed E-state index contributed by atoms with van der Waals surface area (Å²) in [6.07, 6.45) is 10.9. The molecule has 13 heteroatoms. The Morgan fingerprint density at radius 3 is 2.74 bits per heavy atom. The molecular formula is C26H35N7O4S2. The Balaban J connectivity index is 1.51. The molecule has 0 spiro atoms. The predicted octanol–water partition coefficient (Wildman–Crippen LogP) is 3.89. The van der Waals surface area contributed by atoms with Crippen molar-refractivity contribution in [1.29, 1.82) is 0 Å². The van der Waals surface area contributed by atoms with Crippen LogP contribution in [-0.4, -0.2) is 71.7 Å². The van der Waals surface area contributed by atoms with Gasteiger partial charge in [0.1, 0.15) is 5.69 Å². The van der Waals surface area contributed by atoms with Gasteiger partial charge in [-0.15, -0.1) is 11.3 Å². The van der Waals surface area contributed by atoms with Crippen molar-refractivity contribution in [3.63, 3.8) is 0 Å². The van der Waals surface area contributed by atoms with Gasteiger partial charge in [0.2, 0.25) is 15.9 Å². The van der Waals surface area contributed by atoms with Gasteiger partial charge >= 0.3 is 0 Å². The van der Waals surface area contributed by atoms with Crippen LogP contribution in [0.4, 0.5) is 5.69 Å². The topological polar surface area (TPSA) is 139 Å². The average molecular weight is 574 g/mol. The number of amides is 1. The van der Waals surface area contributed by atoms with Crippen LogP contribution in [0.25, 0.3) is 10.6 Å². The highest BCUT2D eigenvalue weighted by Gasteiger charge is 2.29. The Morgan fingerprint density at radius 2 is 2.00 bits per heavy atom. The second-order valence-electron chi connectivity index (χ2n) is 9.70. The molecule has 4 rings (SSSR count). The molecule has 1 amide bonds. The van der Waals surface area contributed by atoms with E-state index in [-0.39, 0.29) is 16.2 Å². The van der Waals surface area contributed by atoms with Gasteiger partial charge in [-0.2, -0.15) is 0 Å². The Labute approximate surface area is 233 Å². The first-order valence-electron chi connectivity index (χ1n) is 13.1. The molecule has 210 valence electrons. The zero-order chi connectivity index (χ0) is 27.8. The van der Waals surface area contributed by atoms with Crippen LogP contribution in [0.15, 0.2) is 36.9 Å². The lowest BCUT2D eigenvalue weighted by Gasteiger charge is -2.20. The number of hydrogen-bond acceptors (Lipinski definition) is 10. The van der Waals surface area contributed by atoms with Crippen molar-refractivity contribution in [3.05, 3.63) is 47.6 Å². The second kappa shape index (κ2) is 13.3. The molecule has 39 heavy (non-hydrogen) atoms. The van der Waals surface area contributed by atoms with Crippen molar-refractivity contribution in [2.45, 2.75) is 56.7 Å². The fourth-order valence-electron chi connectivity index (χ4n) is 4.46. The number of carbonyl (C=O) groups is 1. The minimum atomic E-state index is -3.48. The number of nitrogens with one attached hydrogen (secondary N) is 2. The van der Waals surface area contributed by atoms with Gasteiger partial charge in [0.05, 0.1) is 46.6 Å². The van der Waals surface area contributed by atoms with E-state index in [2.05, 4.69) is 34.9 Å². The number of nitrogens with zero attached hydrogens (tertiary/aromatic N) is 5. The van der Waals surface area contributed by atoms with Gasteiger partial charge in [-0.05, 0) is 65.4 Å². The summed E-state index contributed by atoms with van der Waals surface area (Å²) in [7, 11) is 0.501. The molecule has 0 bridgehead atoms. The number of hydrogen-bond donors (Lipinski definition) is 2. The summed E-state index contributed by atoms with van der Waals surface area (Å²) in [5.74, 6) is 0.0682. The predicted molar refractivity (Wildman–Crippen MR) is 151 cm³/mol. The maximum Gasteiger partial charge on any atom is 0.280 e. The van der Waals surface area contributed by atoms with Gasteiger partial charge in [-0.25, -0.2) is 18.4 Å². The van der Waals surface area contributed by atoms with Crippen LogP contribution in [0, 0.1) is 0 Å². The van der Waals surface area contributed by atoms with Gasteiger partial charge in [0.25, 0.3) is 5.91 Å². The summed E-state index contributed by atoms with van der Waals surface area (Å²) < 4.78 is 33.8. The number of pyridine rings is 1. The van der Waals surface area contributed by atoms with E-state index in [0.717, 1.165) is 25.8 Å². The van der Waals surface area contributed by atoms with Crippen LogP contribution in [0.3, 0.4) is 0 Å². The number of ether oxygens (including phenoxy) is 1. The van der Waals surface area contributed by atoms with Gasteiger partial charge in [0, 0.05) is 12.4 Å². The third-order valence-electron chi connectivity index (χ3n) is 6.40. The number of thiazole rings is 1. The molecule has 1 fully saturated rings. The molecular weight excluding hydrogens is 538 g/mol. The van der Waals surface area contributed by atoms with Crippen molar-refractivity contribution in [2.24, 2.45) is 0 Å². The second-order valence-corrected chi connectivity index (χ2v) is 12.7. The van der Waals surface area contributed by atoms with Crippen molar-refractivity contribution in [2.75, 3.05) is 32.0 Å². The highest BCUT2D eigenvalue weighted by Crippen LogP contribution is 2.28. The van der Waals surface area contributed by atoms with Crippen LogP contribution in [0.2, 0.25) is 0 Å². The molecule has 11 nitrogen and oxygen atoms in total. The normalized spacial score (nSPS) is 14.9. The average Bonchev–Trinajstić information content (AvgIpc) is 3.62. The Bertz CT molecular complexity index is 1360. The maximum absolute atomic E-state index is 13.3. The summed E-state index contributed by atoms with van der Waals surface area (Å²) in [6, 6.07) is 2.91. The van der Waals surface area contributed by atoms with E-state index >= 15 is 0 Å². The minimum Gasteiger partial charge on any atom is -0.477 e. The number of rotatable bonds is 13. The molecule has 0 unspecified atom stereocenters. The molecule has 1 aliphatic carbocycles. The molecule has 0 saturated heterocycles. The molecule has 0 aliphatic heterocycles. The van der Waals surface area contributed by atoms with Crippen molar-refractivity contribution in [3.8, 4) is 16.5 Å². The lowest BCUT2D eigenvalue weighted by molar-refractivity contribution is 0.0932. The highest BCUT2D eigenvalue weighted by atomic mass is 32.2. The molecule has 3 heterocycles. The first-order valence-corrected chi connectivity index (χ1v) is 15.5. The Kier molecular flexibility index (Phi) is 9.81. The first kappa shape index (κ1) is 28.8. The van der Waals surface area contributed by atoms with Crippen LogP contribution in [0.5, 0.6) is 5.88 Å². The van der Waals surface area contributed by atoms with Crippen molar-refractivity contribution >= 4 is 33.0 Å². The lowest BCUT2D eigenvalue weighted by Crippen LogP contribution is -2.30. The van der Waals surface area contributed by atoms with Crippen LogP contribution in [-0.2, 0) is 10.0 Å². The summed E-state index contributed by atoms with van der Waals surface area (Å²) in [6.45, 7) is 3.17. The smallest absolute Gasteiger partial charge is 0.280 e. The monoisotopic (exact) mass is 573 g/mol. The van der Waals surface area contributed by atoms with E-state index in [9.17, 15) is 13.2 Å². The van der Waals surface area contributed by atoms with Crippen molar-refractivity contribution in [1.82, 2.24) is 30.2 Å². The SMILES string of the molecule is CCOc1cncc(-c2cnc(C(=O)N[C@@H](CCCN(C)C)c3cc(NS(=O)(=O)C4CCCC4)ccn3)s2)n1. The van der Waals surface area contributed by atoms with Gasteiger partial charge < -0.3 is 15.0 Å². The van der Waals surface area contributed by atoms with Crippen molar-refractivity contribution < 1.29 is 17.9 Å². The molecule has 2 N–H and O–H groups in total. The number of anilines is 1. The summed E-state index contributed by atoms with van der Waals surface area (Å²) in [5.41, 5.74) is 1.60. The Morgan fingerprint density at radius 1 is 1.21 bits per heavy atom. The summed E-state index contributed by atoms with van der Waals surface area (Å²) in [4.78, 5) is 33.4. The quantitative estimate of drug-likeness (QED) is 0.312. The number of sulfonamides is 1. The number of aromatic nitrogens is 4. The molecule has 1 atom stereocenters. The fraction of sp³-hybridized carbons (Fsp3) is 0.500. The minimum absolute atomic E-state index is 0.282. The van der Waals surface area contributed by atoms with Gasteiger partial charge in [0.15, 0.2) is 5.01 Å². The number of carbonyl (C=O) groups excluding carboxylic acids is 1. The van der Waals surface area contributed by atoms with E-state index in [0.29, 0.717) is 53.7 Å². The van der Waals surface area contributed by atoms with E-state index in [1.807, 2.05) is 21.0 Å². The molecule has 1 aliphatic rings. The third kappa shape index (κ3) is 7.93. The fourth-order valence-corrected chi connectivity index (χ4v) is 6.81. The zero-order valence-electron chi connectivity index (χ0n) is 22.5. The standard InChI is InChI=1S/C26H35N7O4S2/c1-4-37-24-17-27-15-22(30-24)23-16-29-26(38-23)25(34)31-20(10-7-13-33(2)3)21-14-18(11-12-28-21)32-39(35,36)19-8-5-6-9-19/h11-12,14-17,19-20H,4-10,13H2,1-3H3,(H,28,32)(H,31,34)/t20-/m0/s1. The summed E-state index contributed by atoms with van der Waals surface area (Å²) >= 11 is 1.21.